The Morgan fingerprint density at radius 3 is 2.38 bits per heavy atom. The van der Waals surface area contributed by atoms with Crippen molar-refractivity contribution in [2.75, 3.05) is 13.2 Å². The molecule has 1 heterocycles. The summed E-state index contributed by atoms with van der Waals surface area (Å²) >= 11 is 0. The van der Waals surface area contributed by atoms with Gasteiger partial charge in [-0.3, -0.25) is 9.59 Å². The number of halogens is 2. The third kappa shape index (κ3) is 8.18. The van der Waals surface area contributed by atoms with Gasteiger partial charge in [-0.15, -0.1) is 0 Å². The number of nitrogens with one attached hydrogen (secondary N) is 3. The number of alkyl carbamates (subject to hydrolysis) is 1. The largest absolute Gasteiger partial charge is 0.446 e. The Morgan fingerprint density at radius 1 is 1.19 bits per heavy atom. The molecule has 32 heavy (non-hydrogen) atoms. The lowest BCUT2D eigenvalue weighted by Crippen LogP contribution is -2.52. The summed E-state index contributed by atoms with van der Waals surface area (Å²) in [6, 6.07) is -1.48. The van der Waals surface area contributed by atoms with E-state index < -0.39 is 36.1 Å². The first-order valence-corrected chi connectivity index (χ1v) is 11.5. The lowest BCUT2D eigenvalue weighted by atomic mass is 9.84. The molecule has 0 aromatic carbocycles. The third-order valence-electron chi connectivity index (χ3n) is 6.33. The second kappa shape index (κ2) is 11.8. The van der Waals surface area contributed by atoms with Gasteiger partial charge in [-0.2, -0.15) is 0 Å². The van der Waals surface area contributed by atoms with Crippen LogP contribution in [0.4, 0.5) is 13.6 Å². The quantitative estimate of drug-likeness (QED) is 0.399. The number of amides is 3. The fraction of sp³-hybridized carbons (Fsp3) is 0.864. The van der Waals surface area contributed by atoms with Crippen molar-refractivity contribution in [1.82, 2.24) is 16.0 Å². The first kappa shape index (κ1) is 26.3. The van der Waals surface area contributed by atoms with E-state index in [4.69, 9.17) is 4.74 Å². The van der Waals surface area contributed by atoms with Crippen LogP contribution in [0.15, 0.2) is 0 Å². The zero-order chi connectivity index (χ0) is 23.9. The fourth-order valence-corrected chi connectivity index (χ4v) is 4.37. The summed E-state index contributed by atoms with van der Waals surface area (Å²) in [7, 11) is 0. The average Bonchev–Trinajstić information content (AvgIpc) is 3.10. The minimum atomic E-state index is -2.65. The van der Waals surface area contributed by atoms with Gasteiger partial charge in [0.15, 0.2) is 0 Å². The van der Waals surface area contributed by atoms with Crippen molar-refractivity contribution in [1.29, 1.82) is 0 Å². The SMILES string of the molecule is CC(C)CC(NC(=O)OC(C)C1CCC(F)(F)CC1)C(=O)NC(CO)CC1CCNC1=O. The van der Waals surface area contributed by atoms with E-state index in [-0.39, 0.29) is 56.0 Å². The number of aliphatic hydroxyl groups is 1. The van der Waals surface area contributed by atoms with Crippen molar-refractivity contribution < 1.29 is 33.0 Å². The molecule has 4 atom stereocenters. The van der Waals surface area contributed by atoms with E-state index in [0.29, 0.717) is 25.8 Å². The Kier molecular flexibility index (Phi) is 9.66. The molecule has 0 radical (unpaired) electrons. The molecule has 4 unspecified atom stereocenters. The highest BCUT2D eigenvalue weighted by molar-refractivity contribution is 5.86. The standard InChI is InChI=1S/C22H37F2N3O5/c1-13(2)10-18(20(30)26-17(12-28)11-16-6-9-25-19(16)29)27-21(31)32-14(3)15-4-7-22(23,24)8-5-15/h13-18,28H,4-12H2,1-3H3,(H,25,29)(H,26,30)(H,27,31). The first-order valence-electron chi connectivity index (χ1n) is 11.5. The number of carbonyl (C=O) groups is 3. The summed E-state index contributed by atoms with van der Waals surface area (Å²) in [4.78, 5) is 37.0. The molecule has 2 aliphatic rings. The summed E-state index contributed by atoms with van der Waals surface area (Å²) in [6.07, 6.45) is 0.139. The lowest BCUT2D eigenvalue weighted by molar-refractivity contribution is -0.126. The van der Waals surface area contributed by atoms with Crippen LogP contribution >= 0.6 is 0 Å². The molecule has 184 valence electrons. The molecule has 0 bridgehead atoms. The van der Waals surface area contributed by atoms with E-state index in [1.165, 1.54) is 0 Å². The molecule has 2 fully saturated rings. The van der Waals surface area contributed by atoms with E-state index in [0.717, 1.165) is 0 Å². The zero-order valence-corrected chi connectivity index (χ0v) is 19.2. The predicted octanol–water partition coefficient (Wildman–Crippen LogP) is 2.34. The Hall–Kier alpha value is -1.97. The minimum absolute atomic E-state index is 0.0902. The van der Waals surface area contributed by atoms with E-state index in [2.05, 4.69) is 16.0 Å². The smallest absolute Gasteiger partial charge is 0.408 e. The number of carbonyl (C=O) groups excluding carboxylic acids is 3. The topological polar surface area (TPSA) is 117 Å². The zero-order valence-electron chi connectivity index (χ0n) is 19.2. The molecule has 1 saturated heterocycles. The Morgan fingerprint density at radius 2 is 1.84 bits per heavy atom. The summed E-state index contributed by atoms with van der Waals surface area (Å²) in [5.74, 6) is -3.52. The molecule has 2 rings (SSSR count). The van der Waals surface area contributed by atoms with Gasteiger partial charge in [-0.1, -0.05) is 13.8 Å². The van der Waals surface area contributed by atoms with Crippen LogP contribution in [0.3, 0.4) is 0 Å². The Bertz CT molecular complexity index is 651. The maximum Gasteiger partial charge on any atom is 0.408 e. The number of aliphatic hydroxyl groups excluding tert-OH is 1. The summed E-state index contributed by atoms with van der Waals surface area (Å²) in [5, 5.41) is 17.7. The molecule has 3 amide bonds. The van der Waals surface area contributed by atoms with E-state index >= 15 is 0 Å². The van der Waals surface area contributed by atoms with Crippen LogP contribution in [0.2, 0.25) is 0 Å². The summed E-state index contributed by atoms with van der Waals surface area (Å²) in [6.45, 7) is 5.75. The molecule has 4 N–H and O–H groups in total. The van der Waals surface area contributed by atoms with Gasteiger partial charge >= 0.3 is 6.09 Å². The first-order chi connectivity index (χ1) is 15.0. The lowest BCUT2D eigenvalue weighted by Gasteiger charge is -2.32. The van der Waals surface area contributed by atoms with Gasteiger partial charge in [0.05, 0.1) is 12.6 Å². The number of alkyl halides is 2. The highest BCUT2D eigenvalue weighted by Crippen LogP contribution is 2.38. The molecule has 0 aromatic heterocycles. The van der Waals surface area contributed by atoms with E-state index in [1.54, 1.807) is 6.92 Å². The van der Waals surface area contributed by atoms with Gasteiger partial charge in [0.1, 0.15) is 12.1 Å². The van der Waals surface area contributed by atoms with E-state index in [1.807, 2.05) is 13.8 Å². The van der Waals surface area contributed by atoms with E-state index in [9.17, 15) is 28.3 Å². The maximum absolute atomic E-state index is 13.4. The molecule has 10 heteroatoms. The summed E-state index contributed by atoms with van der Waals surface area (Å²) in [5.41, 5.74) is 0. The van der Waals surface area contributed by atoms with Gasteiger partial charge in [0.25, 0.3) is 0 Å². The third-order valence-corrected chi connectivity index (χ3v) is 6.33. The maximum atomic E-state index is 13.4. The van der Waals surface area contributed by atoms with Crippen LogP contribution < -0.4 is 16.0 Å². The highest BCUT2D eigenvalue weighted by Gasteiger charge is 2.38. The molecular formula is C22H37F2N3O5. The van der Waals surface area contributed by atoms with Crippen LogP contribution in [0.25, 0.3) is 0 Å². The predicted molar refractivity (Wildman–Crippen MR) is 114 cm³/mol. The number of ether oxygens (including phenoxy) is 1. The Labute approximate surface area is 188 Å². The summed E-state index contributed by atoms with van der Waals surface area (Å²) < 4.78 is 32.1. The van der Waals surface area contributed by atoms with Crippen LogP contribution in [-0.4, -0.2) is 60.3 Å². The number of hydrogen-bond donors (Lipinski definition) is 4. The van der Waals surface area contributed by atoms with Crippen molar-refractivity contribution >= 4 is 17.9 Å². The molecular weight excluding hydrogens is 424 g/mol. The van der Waals surface area contributed by atoms with Crippen LogP contribution in [0.1, 0.15) is 65.7 Å². The van der Waals surface area contributed by atoms with Crippen molar-refractivity contribution in [2.24, 2.45) is 17.8 Å². The van der Waals surface area contributed by atoms with Gasteiger partial charge in [-0.25, -0.2) is 13.6 Å². The fourth-order valence-electron chi connectivity index (χ4n) is 4.37. The second-order valence-electron chi connectivity index (χ2n) is 9.53. The van der Waals surface area contributed by atoms with Crippen LogP contribution in [0, 0.1) is 17.8 Å². The molecule has 0 aromatic rings. The normalized spacial score (nSPS) is 23.8. The van der Waals surface area contributed by atoms with Crippen molar-refractivity contribution in [3.05, 3.63) is 0 Å². The number of rotatable bonds is 10. The monoisotopic (exact) mass is 461 g/mol. The van der Waals surface area contributed by atoms with Crippen molar-refractivity contribution in [2.45, 2.75) is 89.8 Å². The minimum Gasteiger partial charge on any atom is -0.446 e. The average molecular weight is 462 g/mol. The molecule has 1 saturated carbocycles. The van der Waals surface area contributed by atoms with Gasteiger partial charge in [0, 0.05) is 25.3 Å². The van der Waals surface area contributed by atoms with Gasteiger partial charge in [-0.05, 0) is 50.9 Å². The highest BCUT2D eigenvalue weighted by atomic mass is 19.3. The molecule has 8 nitrogen and oxygen atoms in total. The Balaban J connectivity index is 1.89. The van der Waals surface area contributed by atoms with Crippen molar-refractivity contribution in [3.8, 4) is 0 Å². The van der Waals surface area contributed by atoms with Gasteiger partial charge in [0.2, 0.25) is 17.7 Å². The molecule has 0 spiro atoms. The van der Waals surface area contributed by atoms with Crippen LogP contribution in [0.5, 0.6) is 0 Å². The van der Waals surface area contributed by atoms with Crippen molar-refractivity contribution in [3.63, 3.8) is 0 Å². The van der Waals surface area contributed by atoms with Gasteiger partial charge < -0.3 is 25.8 Å². The molecule has 1 aliphatic carbocycles. The number of hydrogen-bond acceptors (Lipinski definition) is 5. The second-order valence-corrected chi connectivity index (χ2v) is 9.53. The molecule has 1 aliphatic heterocycles. The van der Waals surface area contributed by atoms with Crippen LogP contribution in [-0.2, 0) is 14.3 Å².